The Morgan fingerprint density at radius 2 is 1.90 bits per heavy atom. The second-order valence-electron chi connectivity index (χ2n) is 7.44. The van der Waals surface area contributed by atoms with Crippen LogP contribution in [0, 0.1) is 13.8 Å². The molecule has 5 nitrogen and oxygen atoms in total. The van der Waals surface area contributed by atoms with Crippen LogP contribution in [0.5, 0.6) is 0 Å². The number of nitrogens with zero attached hydrogens (tertiary/aromatic N) is 2. The average molecular weight is 437 g/mol. The number of nitrogens with one attached hydrogen (secondary N) is 2. The lowest BCUT2D eigenvalue weighted by atomic mass is 10.0. The third-order valence-electron chi connectivity index (χ3n) is 4.85. The molecule has 9 heteroatoms. The maximum absolute atomic E-state index is 12.7. The van der Waals surface area contributed by atoms with E-state index in [1.807, 2.05) is 30.9 Å². The van der Waals surface area contributed by atoms with E-state index in [1.54, 1.807) is 0 Å². The van der Waals surface area contributed by atoms with Gasteiger partial charge < -0.3 is 15.5 Å². The van der Waals surface area contributed by atoms with Crippen LogP contribution in [0.2, 0.25) is 0 Å². The molecule has 0 spiro atoms. The lowest BCUT2D eigenvalue weighted by Gasteiger charge is -2.34. The topological polar surface area (TPSA) is 57.3 Å². The monoisotopic (exact) mass is 436 g/mol. The number of aryl methyl sites for hydroxylation is 2. The van der Waals surface area contributed by atoms with Crippen LogP contribution in [0.3, 0.4) is 0 Å². The van der Waals surface area contributed by atoms with Gasteiger partial charge in [-0.05, 0) is 80.9 Å². The quantitative estimate of drug-likeness (QED) is 0.703. The summed E-state index contributed by atoms with van der Waals surface area (Å²) in [6, 6.07) is 7.94. The average Bonchev–Trinajstić information content (AvgIpc) is 2.67. The Balaban J connectivity index is 1.59. The lowest BCUT2D eigenvalue weighted by molar-refractivity contribution is -0.137. The first kappa shape index (κ1) is 22.0. The summed E-state index contributed by atoms with van der Waals surface area (Å²) in [6.07, 6.45) is -2.82. The van der Waals surface area contributed by atoms with Gasteiger partial charge in [-0.15, -0.1) is 0 Å². The first-order valence-corrected chi connectivity index (χ1v) is 10.0. The van der Waals surface area contributed by atoms with Crippen molar-refractivity contribution in [2.24, 2.45) is 0 Å². The summed E-state index contributed by atoms with van der Waals surface area (Å²) in [5, 5.41) is 6.57. The molecule has 0 aliphatic carbocycles. The normalized spacial score (nSPS) is 16.8. The molecule has 1 amide bonds. The zero-order chi connectivity index (χ0) is 21.9. The summed E-state index contributed by atoms with van der Waals surface area (Å²) in [7, 11) is 0. The Kier molecular flexibility index (Phi) is 6.60. The van der Waals surface area contributed by atoms with Crippen LogP contribution in [0.4, 0.5) is 19.0 Å². The number of rotatable bonds is 3. The molecule has 1 fully saturated rings. The van der Waals surface area contributed by atoms with E-state index in [9.17, 15) is 18.0 Å². The van der Waals surface area contributed by atoms with Crippen molar-refractivity contribution >= 4 is 29.1 Å². The van der Waals surface area contributed by atoms with Crippen LogP contribution in [0.1, 0.15) is 40.0 Å². The largest absolute Gasteiger partial charge is 0.416 e. The third kappa shape index (κ3) is 5.69. The fraction of sp³-hybridized carbons (Fsp3) is 0.381. The molecule has 2 heterocycles. The Morgan fingerprint density at radius 3 is 2.53 bits per heavy atom. The van der Waals surface area contributed by atoms with Crippen molar-refractivity contribution in [1.29, 1.82) is 0 Å². The predicted molar refractivity (Wildman–Crippen MR) is 113 cm³/mol. The molecule has 1 aliphatic heterocycles. The van der Waals surface area contributed by atoms with Crippen LogP contribution in [-0.4, -0.2) is 40.0 Å². The van der Waals surface area contributed by atoms with Gasteiger partial charge in [-0.25, -0.2) is 4.98 Å². The van der Waals surface area contributed by atoms with E-state index in [1.165, 1.54) is 12.1 Å². The van der Waals surface area contributed by atoms with Crippen molar-refractivity contribution in [3.05, 3.63) is 58.8 Å². The van der Waals surface area contributed by atoms with E-state index < -0.39 is 17.6 Å². The zero-order valence-corrected chi connectivity index (χ0v) is 17.5. The Labute approximate surface area is 178 Å². The molecule has 1 atom stereocenters. The first-order chi connectivity index (χ1) is 14.1. The highest BCUT2D eigenvalue weighted by Gasteiger charge is 2.30. The van der Waals surface area contributed by atoms with Crippen molar-refractivity contribution in [3.8, 4) is 0 Å². The second-order valence-corrected chi connectivity index (χ2v) is 7.82. The molecule has 1 saturated heterocycles. The first-order valence-electron chi connectivity index (χ1n) is 9.61. The van der Waals surface area contributed by atoms with E-state index in [-0.39, 0.29) is 11.6 Å². The number of hydrogen-bond acceptors (Lipinski definition) is 3. The maximum Gasteiger partial charge on any atom is 0.416 e. The van der Waals surface area contributed by atoms with Crippen LogP contribution >= 0.6 is 12.2 Å². The Morgan fingerprint density at radius 1 is 1.20 bits per heavy atom. The number of aromatic nitrogens is 1. The highest BCUT2D eigenvalue weighted by atomic mass is 32.1. The molecule has 1 aromatic heterocycles. The van der Waals surface area contributed by atoms with Gasteiger partial charge in [0.15, 0.2) is 5.11 Å². The van der Waals surface area contributed by atoms with Crippen molar-refractivity contribution in [2.45, 2.75) is 38.9 Å². The van der Waals surface area contributed by atoms with Gasteiger partial charge in [0.05, 0.1) is 5.56 Å². The minimum absolute atomic E-state index is 0.152. The van der Waals surface area contributed by atoms with E-state index in [2.05, 4.69) is 15.6 Å². The molecule has 1 aliphatic rings. The smallest absolute Gasteiger partial charge is 0.348 e. The van der Waals surface area contributed by atoms with Gasteiger partial charge in [0.25, 0.3) is 5.91 Å². The number of anilines is 1. The van der Waals surface area contributed by atoms with E-state index in [0.717, 1.165) is 42.8 Å². The molecule has 160 valence electrons. The summed E-state index contributed by atoms with van der Waals surface area (Å²) in [6.45, 7) is 5.16. The highest BCUT2D eigenvalue weighted by molar-refractivity contribution is 7.80. The number of amides is 1. The number of thiocarbonyl (C=S) groups is 1. The van der Waals surface area contributed by atoms with E-state index in [4.69, 9.17) is 12.2 Å². The molecule has 3 rings (SSSR count). The number of hydrogen-bond donors (Lipinski definition) is 2. The molecule has 0 saturated carbocycles. The number of benzene rings is 1. The second kappa shape index (κ2) is 8.99. The molecule has 30 heavy (non-hydrogen) atoms. The number of carbonyl (C=O) groups excluding carboxylic acids is 1. The lowest BCUT2D eigenvalue weighted by Crippen LogP contribution is -2.50. The molecular formula is C21H23F3N4OS. The number of piperidine rings is 1. The number of carbonyl (C=O) groups is 1. The van der Waals surface area contributed by atoms with Crippen LogP contribution in [0.25, 0.3) is 0 Å². The van der Waals surface area contributed by atoms with Crippen LogP contribution < -0.4 is 10.6 Å². The number of likely N-dealkylation sites (tertiary alicyclic amines) is 1. The molecule has 2 N–H and O–H groups in total. The van der Waals surface area contributed by atoms with E-state index >= 15 is 0 Å². The molecule has 1 unspecified atom stereocenters. The van der Waals surface area contributed by atoms with Crippen molar-refractivity contribution in [2.75, 3.05) is 18.4 Å². The zero-order valence-electron chi connectivity index (χ0n) is 16.7. The Hall–Kier alpha value is -2.68. The van der Waals surface area contributed by atoms with Gasteiger partial charge in [0.1, 0.15) is 5.82 Å². The summed E-state index contributed by atoms with van der Waals surface area (Å²) >= 11 is 5.51. The summed E-state index contributed by atoms with van der Waals surface area (Å²) in [5.74, 6) is 0.277. The number of pyridine rings is 1. The van der Waals surface area contributed by atoms with Gasteiger partial charge in [-0.1, -0.05) is 0 Å². The van der Waals surface area contributed by atoms with Gasteiger partial charge in [-0.3, -0.25) is 4.79 Å². The fourth-order valence-corrected chi connectivity index (χ4v) is 3.72. The minimum atomic E-state index is -4.42. The predicted octanol–water partition coefficient (Wildman–Crippen LogP) is 4.31. The van der Waals surface area contributed by atoms with Gasteiger partial charge >= 0.3 is 6.18 Å². The third-order valence-corrected chi connectivity index (χ3v) is 5.21. The molecule has 0 radical (unpaired) electrons. The molecular weight excluding hydrogens is 413 g/mol. The van der Waals surface area contributed by atoms with Gasteiger partial charge in [0.2, 0.25) is 0 Å². The number of halogens is 3. The van der Waals surface area contributed by atoms with Crippen LogP contribution in [0.15, 0.2) is 36.4 Å². The van der Waals surface area contributed by atoms with Gasteiger partial charge in [0, 0.05) is 30.4 Å². The van der Waals surface area contributed by atoms with Crippen LogP contribution in [-0.2, 0) is 6.18 Å². The van der Waals surface area contributed by atoms with Crippen molar-refractivity contribution < 1.29 is 18.0 Å². The molecule has 1 aromatic carbocycles. The minimum Gasteiger partial charge on any atom is -0.348 e. The SMILES string of the molecule is Cc1cc(C)nc(NC(=S)N2CCCC(NC(=O)c3ccc(C(F)(F)F)cc3)C2)c1. The highest BCUT2D eigenvalue weighted by Crippen LogP contribution is 2.29. The molecule has 0 bridgehead atoms. The summed E-state index contributed by atoms with van der Waals surface area (Å²) < 4.78 is 38.1. The standard InChI is InChI=1S/C21H23F3N4OS/c1-13-10-14(2)25-18(11-13)27-20(30)28-9-3-4-17(12-28)26-19(29)15-5-7-16(8-6-15)21(22,23)24/h5-8,10-11,17H,3-4,9,12H2,1-2H3,(H,26,29)(H,25,27,30). The molecule has 2 aromatic rings. The Bertz CT molecular complexity index is 911. The van der Waals surface area contributed by atoms with E-state index in [0.29, 0.717) is 17.5 Å². The fourth-order valence-electron chi connectivity index (χ4n) is 3.45. The number of alkyl halides is 3. The maximum atomic E-state index is 12.7. The van der Waals surface area contributed by atoms with Gasteiger partial charge in [-0.2, -0.15) is 13.2 Å². The summed E-state index contributed by atoms with van der Waals surface area (Å²) in [4.78, 5) is 18.8. The van der Waals surface area contributed by atoms with Crippen molar-refractivity contribution in [1.82, 2.24) is 15.2 Å². The van der Waals surface area contributed by atoms with Crippen molar-refractivity contribution in [3.63, 3.8) is 0 Å². The summed E-state index contributed by atoms with van der Waals surface area (Å²) in [5.41, 5.74) is 1.38.